The molecule has 2 aromatic rings. The van der Waals surface area contributed by atoms with Gasteiger partial charge in [-0.05, 0) is 115 Å². The molecular weight excluding hydrogens is 1330 g/mol. The predicted octanol–water partition coefficient (Wildman–Crippen LogP) is 1.17. The molecule has 8 fully saturated rings. The molecule has 9 amide bonds. The summed E-state index contributed by atoms with van der Waals surface area (Å²) in [4.78, 5) is 152. The van der Waals surface area contributed by atoms with E-state index in [1.807, 2.05) is 62.3 Å². The number of aliphatic carboxylic acids is 1. The number of nitrogens with zero attached hydrogens (tertiary/aromatic N) is 6. The summed E-state index contributed by atoms with van der Waals surface area (Å²) in [6.45, 7) is 24.2. The molecule has 28 heteroatoms. The van der Waals surface area contributed by atoms with Gasteiger partial charge in [0, 0.05) is 62.3 Å². The Hall–Kier alpha value is -6.97. The molecule has 13 N–H and O–H groups in total. The number of halogens is 1. The summed E-state index contributed by atoms with van der Waals surface area (Å²) >= 11 is 0. The zero-order valence-corrected chi connectivity index (χ0v) is 62.9. The normalized spacial score (nSPS) is 24.8. The number of amides is 9. The third-order valence-corrected chi connectivity index (χ3v) is 22.6. The molecule has 2 saturated heterocycles. The van der Waals surface area contributed by atoms with Gasteiger partial charge in [0.15, 0.2) is 12.2 Å². The van der Waals surface area contributed by atoms with Gasteiger partial charge >= 0.3 is 5.97 Å². The molecule has 4 heterocycles. The van der Waals surface area contributed by atoms with Gasteiger partial charge in [-0.2, -0.15) is 0 Å². The smallest absolute Gasteiger partial charge is 0.326 e. The van der Waals surface area contributed by atoms with Gasteiger partial charge in [0.2, 0.25) is 29.5 Å². The Kier molecular flexibility index (Phi) is 28.4. The SMILES string of the molecule is CC(C)(C)[C@H](NC(=O)[C@@H](NC(=O)c1cnccn1)C1CCCCC1)C(=O)N1C[C@H]2[C@@H]([C@H]1C(=O)O)C2(C)C.CCCCC(NC(=O)[C@@H]1[C@@H]2[C@H](CN1C(=O)[C@@H](NC(=O)[C@@H](NC(=O)c1cnccn1)C1CCCCC1)C(C)(C)C)C2(C)C)C(O)C(=O)NC1CC1.CCCCC([NH3+])C(O)C(=O)NC1CC1.[Cl-]. The molecule has 0 bridgehead atoms. The lowest BCUT2D eigenvalue weighted by Gasteiger charge is -2.39. The van der Waals surface area contributed by atoms with Crippen LogP contribution in [0.2, 0.25) is 0 Å². The number of fused-ring (bicyclic) bond motifs is 2. The van der Waals surface area contributed by atoms with Crippen molar-refractivity contribution in [2.24, 2.45) is 57.2 Å². The minimum absolute atomic E-state index is 0. The van der Waals surface area contributed by atoms with Gasteiger partial charge < -0.3 is 80.5 Å². The van der Waals surface area contributed by atoms with E-state index in [0.29, 0.717) is 32.0 Å². The van der Waals surface area contributed by atoms with Crippen molar-refractivity contribution in [3.8, 4) is 0 Å². The van der Waals surface area contributed by atoms with Crippen LogP contribution < -0.4 is 55.4 Å². The van der Waals surface area contributed by atoms with Crippen LogP contribution in [0.1, 0.15) is 232 Å². The van der Waals surface area contributed by atoms with Crippen molar-refractivity contribution in [2.45, 2.75) is 284 Å². The highest BCUT2D eigenvalue weighted by molar-refractivity contribution is 6.00. The number of carboxylic acids is 1. The molecule has 27 nitrogen and oxygen atoms in total. The van der Waals surface area contributed by atoms with E-state index in [2.05, 4.69) is 83.7 Å². The van der Waals surface area contributed by atoms with E-state index in [1.165, 1.54) is 42.1 Å². The fraction of sp³-hybridized carbons (Fsp3) is 0.757. The number of quaternary nitrogens is 1. The summed E-state index contributed by atoms with van der Waals surface area (Å²) in [5.41, 5.74) is 2.34. The number of hydrogen-bond acceptors (Lipinski definition) is 16. The van der Waals surface area contributed by atoms with Gasteiger partial charge in [0.05, 0.1) is 18.4 Å². The third-order valence-electron chi connectivity index (χ3n) is 22.6. The summed E-state index contributed by atoms with van der Waals surface area (Å²) in [5.74, 6) is -4.94. The van der Waals surface area contributed by atoms with E-state index >= 15 is 0 Å². The van der Waals surface area contributed by atoms with Crippen molar-refractivity contribution < 1.29 is 81.4 Å². The van der Waals surface area contributed by atoms with Crippen molar-refractivity contribution in [3.05, 3.63) is 48.6 Å². The number of aliphatic hydroxyl groups is 2. The number of carboxylic acid groups (broad SMARTS) is 1. The van der Waals surface area contributed by atoms with Crippen LogP contribution in [0, 0.1) is 57.2 Å². The molecule has 102 heavy (non-hydrogen) atoms. The van der Waals surface area contributed by atoms with Crippen LogP contribution >= 0.6 is 0 Å². The second-order valence-corrected chi connectivity index (χ2v) is 33.2. The van der Waals surface area contributed by atoms with Gasteiger partial charge in [-0.15, -0.1) is 0 Å². The average Bonchev–Trinajstić information content (AvgIpc) is 1.53. The Morgan fingerprint density at radius 2 is 0.931 bits per heavy atom. The molecule has 2 aliphatic heterocycles. The summed E-state index contributed by atoms with van der Waals surface area (Å²) in [6, 6.07) is -5.96. The highest BCUT2D eigenvalue weighted by Crippen LogP contribution is 2.66. The zero-order chi connectivity index (χ0) is 74.1. The molecule has 0 spiro atoms. The van der Waals surface area contributed by atoms with Crippen molar-refractivity contribution >= 4 is 59.1 Å². The number of hydrogen-bond donors (Lipinski definition) is 11. The van der Waals surface area contributed by atoms with E-state index in [1.54, 1.807) is 4.90 Å². The van der Waals surface area contributed by atoms with Crippen LogP contribution in [-0.4, -0.2) is 190 Å². The molecule has 0 radical (unpaired) electrons. The number of piperidine rings is 2. The van der Waals surface area contributed by atoms with Gasteiger partial charge in [0.1, 0.15) is 53.7 Å². The van der Waals surface area contributed by atoms with Gasteiger partial charge in [0.25, 0.3) is 23.6 Å². The molecule has 6 saturated carbocycles. The second kappa shape index (κ2) is 35.2. The Morgan fingerprint density at radius 3 is 1.30 bits per heavy atom. The number of likely N-dealkylation sites (tertiary alicyclic amines) is 2. The molecule has 0 aromatic carbocycles. The van der Waals surface area contributed by atoms with Gasteiger partial charge in [-0.3, -0.25) is 53.1 Å². The molecule has 10 rings (SSSR count). The molecule has 4 unspecified atom stereocenters. The minimum Gasteiger partial charge on any atom is -1.00 e. The molecular formula is C74H117ClN14O13. The number of aliphatic hydroxyl groups excluding tert-OH is 2. The maximum Gasteiger partial charge on any atom is 0.326 e. The number of carbonyl (C=O) groups excluding carboxylic acids is 9. The molecule has 14 atom stereocenters. The van der Waals surface area contributed by atoms with E-state index in [0.717, 1.165) is 116 Å². The number of aromatic nitrogens is 4. The number of carbonyl (C=O) groups is 10. The molecule has 568 valence electrons. The lowest BCUT2D eigenvalue weighted by molar-refractivity contribution is -0.434. The lowest BCUT2D eigenvalue weighted by atomic mass is 9.82. The first-order chi connectivity index (χ1) is 47.6. The summed E-state index contributed by atoms with van der Waals surface area (Å²) < 4.78 is 0. The highest BCUT2D eigenvalue weighted by Gasteiger charge is 2.71. The zero-order valence-electron chi connectivity index (χ0n) is 62.1. The van der Waals surface area contributed by atoms with Crippen LogP contribution in [0.4, 0.5) is 0 Å². The molecule has 8 aliphatic rings. The third kappa shape index (κ3) is 20.7. The van der Waals surface area contributed by atoms with Crippen LogP contribution in [0.5, 0.6) is 0 Å². The first-order valence-corrected chi connectivity index (χ1v) is 37.3. The van der Waals surface area contributed by atoms with Gasteiger partial charge in [-0.25, -0.2) is 14.8 Å². The van der Waals surface area contributed by atoms with Crippen LogP contribution in [0.15, 0.2) is 37.2 Å². The fourth-order valence-corrected chi connectivity index (χ4v) is 15.7. The minimum atomic E-state index is -1.41. The Morgan fingerprint density at radius 1 is 0.539 bits per heavy atom. The molecule has 2 aromatic heterocycles. The largest absolute Gasteiger partial charge is 1.00 e. The maximum atomic E-state index is 14.6. The van der Waals surface area contributed by atoms with E-state index in [4.69, 9.17) is 0 Å². The highest BCUT2D eigenvalue weighted by atomic mass is 35.5. The van der Waals surface area contributed by atoms with Crippen LogP contribution in [0.25, 0.3) is 0 Å². The van der Waals surface area contributed by atoms with Crippen LogP contribution in [0.3, 0.4) is 0 Å². The topological polar surface area (TPSA) is 401 Å². The first-order valence-electron chi connectivity index (χ1n) is 37.3. The Bertz CT molecular complexity index is 3220. The number of unbranched alkanes of at least 4 members (excludes halogenated alkanes) is 2. The number of rotatable bonds is 27. The maximum absolute atomic E-state index is 14.6. The molecule has 6 aliphatic carbocycles. The lowest BCUT2D eigenvalue weighted by Crippen LogP contribution is -3.00. The van der Waals surface area contributed by atoms with E-state index in [9.17, 15) is 63.3 Å². The average molecular weight is 1450 g/mol. The monoisotopic (exact) mass is 1440 g/mol. The number of nitrogens with one attached hydrogen (secondary N) is 7. The van der Waals surface area contributed by atoms with Crippen molar-refractivity contribution in [3.63, 3.8) is 0 Å². The Balaban J connectivity index is 0.000000245. The van der Waals surface area contributed by atoms with Crippen LogP contribution in [-0.2, 0) is 38.4 Å². The summed E-state index contributed by atoms with van der Waals surface area (Å²) in [6.07, 6.45) is 23.9. The standard InChI is InChI=1S/C37H57N7O6.C27H39N5O5.C10H20N2O2.ClH/c1-7-8-14-24(29(45)34(49)40-22-15-16-22)41-33(48)28-26-23(37(26,5)6)20-44(28)35(50)30(36(2,3)4)43-32(47)27(21-12-10-9-11-13-21)42-31(46)25-19-38-17-18-39-25;1-26(2,3)21(24(35)32-14-16-18(27(16,4)5)20(32)25(36)37)31-23(34)19(15-9-7-6-8-10-15)30-22(33)17-13-28-11-12-29-17;1-2-3-4-8(11)9(13)10(14)12-7-5-6-7;/h17-19,21-24,26-30,45H,7-16,20H2,1-6H3,(H,40,49)(H,41,48)(H,42,46)(H,43,47);11-13,15-16,18-21H,6-10,14H2,1-5H3,(H,30,33)(H,31,34)(H,36,37);7-9,13H,2-6,11H2,1H3,(H,12,14);1H/t23-,24?,26-,27-,28-,29?,30+;16-,18-,19-,20-,21+;;/m00../s1. The van der Waals surface area contributed by atoms with Crippen molar-refractivity contribution in [1.29, 1.82) is 0 Å². The summed E-state index contributed by atoms with van der Waals surface area (Å²) in [7, 11) is 0. The second-order valence-electron chi connectivity index (χ2n) is 33.2. The van der Waals surface area contributed by atoms with E-state index < -0.39 is 107 Å². The predicted molar refractivity (Wildman–Crippen MR) is 375 cm³/mol. The van der Waals surface area contributed by atoms with Gasteiger partial charge in [-0.1, -0.05) is 141 Å². The quantitative estimate of drug-likeness (QED) is 0.0598. The first kappa shape index (κ1) is 82.3. The summed E-state index contributed by atoms with van der Waals surface area (Å²) in [5, 5.41) is 50.9. The Labute approximate surface area is 607 Å². The fourth-order valence-electron chi connectivity index (χ4n) is 15.7. The van der Waals surface area contributed by atoms with E-state index in [-0.39, 0.29) is 99.9 Å². The van der Waals surface area contributed by atoms with Crippen molar-refractivity contribution in [2.75, 3.05) is 13.1 Å². The van der Waals surface area contributed by atoms with Crippen molar-refractivity contribution in [1.82, 2.24) is 67.0 Å².